The molecule has 1 aromatic heterocycles. The highest BCUT2D eigenvalue weighted by molar-refractivity contribution is 14.1. The highest BCUT2D eigenvalue weighted by atomic mass is 127. The average molecular weight is 514 g/mol. The van der Waals surface area contributed by atoms with Crippen LogP contribution in [0.4, 0.5) is 0 Å². The lowest BCUT2D eigenvalue weighted by atomic mass is 9.68. The van der Waals surface area contributed by atoms with Crippen LogP contribution in [-0.4, -0.2) is 4.57 Å². The largest absolute Gasteiger partial charge is 0.343 e. The maximum atomic E-state index is 6.08. The van der Waals surface area contributed by atoms with Crippen molar-refractivity contribution in [3.05, 3.63) is 104 Å². The maximum Gasteiger partial charge on any atom is 0.0486 e. The molecule has 3 aromatic carbocycles. The standard InChI is InChI=1S/C26H25ClIN/c1-18(2)26(3,20-10-14-22(28)15-11-20)24-17-29(25-7-5-4-6-23(24)25)16-19-8-12-21(27)13-9-19/h4-15,17-18H,16H2,1-3H3. The van der Waals surface area contributed by atoms with Crippen LogP contribution in [0, 0.1) is 9.49 Å². The molecule has 0 saturated heterocycles. The number of hydrogen-bond acceptors (Lipinski definition) is 0. The van der Waals surface area contributed by atoms with E-state index in [1.807, 2.05) is 12.1 Å². The van der Waals surface area contributed by atoms with E-state index in [0.717, 1.165) is 11.6 Å². The normalized spacial score (nSPS) is 13.7. The summed E-state index contributed by atoms with van der Waals surface area (Å²) in [6, 6.07) is 25.9. The third kappa shape index (κ3) is 3.85. The fourth-order valence-electron chi connectivity index (χ4n) is 4.17. The minimum atomic E-state index is -0.0742. The summed E-state index contributed by atoms with van der Waals surface area (Å²) in [4.78, 5) is 0. The average Bonchev–Trinajstić information content (AvgIpc) is 3.08. The fourth-order valence-corrected chi connectivity index (χ4v) is 4.66. The molecule has 3 heteroatoms. The van der Waals surface area contributed by atoms with Gasteiger partial charge in [-0.2, -0.15) is 0 Å². The zero-order chi connectivity index (χ0) is 20.6. The van der Waals surface area contributed by atoms with E-state index >= 15 is 0 Å². The molecule has 4 rings (SSSR count). The van der Waals surface area contributed by atoms with Crippen LogP contribution in [0.3, 0.4) is 0 Å². The Morgan fingerprint density at radius 1 is 0.931 bits per heavy atom. The van der Waals surface area contributed by atoms with E-state index in [4.69, 9.17) is 11.6 Å². The zero-order valence-electron chi connectivity index (χ0n) is 17.0. The monoisotopic (exact) mass is 513 g/mol. The van der Waals surface area contributed by atoms with Gasteiger partial charge in [-0.25, -0.2) is 0 Å². The maximum absolute atomic E-state index is 6.08. The molecule has 1 nitrogen and oxygen atoms in total. The van der Waals surface area contributed by atoms with Crippen molar-refractivity contribution in [1.82, 2.24) is 4.57 Å². The molecule has 1 unspecified atom stereocenters. The van der Waals surface area contributed by atoms with Gasteiger partial charge in [0.25, 0.3) is 0 Å². The third-order valence-corrected chi connectivity index (χ3v) is 7.18. The van der Waals surface area contributed by atoms with Crippen molar-refractivity contribution < 1.29 is 0 Å². The van der Waals surface area contributed by atoms with Crippen LogP contribution in [-0.2, 0) is 12.0 Å². The van der Waals surface area contributed by atoms with Gasteiger partial charge in [-0.1, -0.05) is 74.8 Å². The van der Waals surface area contributed by atoms with E-state index < -0.39 is 0 Å². The molecule has 0 spiro atoms. The Labute approximate surface area is 191 Å². The second-order valence-electron chi connectivity index (χ2n) is 8.18. The number of rotatable bonds is 5. The number of aromatic nitrogens is 1. The van der Waals surface area contributed by atoms with E-state index in [9.17, 15) is 0 Å². The predicted octanol–water partition coefficient (Wildman–Crippen LogP) is 7.91. The molecule has 1 atom stereocenters. The molecule has 148 valence electrons. The number of para-hydroxylation sites is 1. The lowest BCUT2D eigenvalue weighted by Crippen LogP contribution is -2.30. The molecular weight excluding hydrogens is 489 g/mol. The number of fused-ring (bicyclic) bond motifs is 1. The number of halogens is 2. The van der Waals surface area contributed by atoms with E-state index in [1.54, 1.807) is 0 Å². The van der Waals surface area contributed by atoms with Gasteiger partial charge in [0.15, 0.2) is 0 Å². The molecule has 0 aliphatic heterocycles. The summed E-state index contributed by atoms with van der Waals surface area (Å²) in [7, 11) is 0. The minimum absolute atomic E-state index is 0.0742. The summed E-state index contributed by atoms with van der Waals surface area (Å²) < 4.78 is 3.64. The Kier molecular flexibility index (Phi) is 5.76. The van der Waals surface area contributed by atoms with Gasteiger partial charge in [-0.05, 0) is 75.5 Å². The topological polar surface area (TPSA) is 4.93 Å². The predicted molar refractivity (Wildman–Crippen MR) is 133 cm³/mol. The molecule has 0 saturated carbocycles. The molecule has 0 aliphatic carbocycles. The van der Waals surface area contributed by atoms with Gasteiger partial charge in [-0.15, -0.1) is 0 Å². The Balaban J connectivity index is 1.88. The quantitative estimate of drug-likeness (QED) is 0.239. The summed E-state index contributed by atoms with van der Waals surface area (Å²) in [5, 5.41) is 2.11. The van der Waals surface area contributed by atoms with Crippen LogP contribution in [0.25, 0.3) is 10.9 Å². The summed E-state index contributed by atoms with van der Waals surface area (Å²) in [6.07, 6.45) is 2.36. The van der Waals surface area contributed by atoms with Crippen molar-refractivity contribution in [1.29, 1.82) is 0 Å². The molecule has 0 N–H and O–H groups in total. The van der Waals surface area contributed by atoms with Crippen molar-refractivity contribution in [2.24, 2.45) is 5.92 Å². The van der Waals surface area contributed by atoms with Crippen molar-refractivity contribution in [2.45, 2.75) is 32.7 Å². The number of benzene rings is 3. The van der Waals surface area contributed by atoms with Crippen LogP contribution in [0.5, 0.6) is 0 Å². The van der Waals surface area contributed by atoms with Crippen LogP contribution in [0.15, 0.2) is 79.0 Å². The van der Waals surface area contributed by atoms with Crippen LogP contribution >= 0.6 is 34.2 Å². The minimum Gasteiger partial charge on any atom is -0.343 e. The first kappa shape index (κ1) is 20.5. The first-order chi connectivity index (χ1) is 13.9. The third-order valence-electron chi connectivity index (χ3n) is 6.21. The molecule has 4 aromatic rings. The smallest absolute Gasteiger partial charge is 0.0486 e. The van der Waals surface area contributed by atoms with Crippen LogP contribution < -0.4 is 0 Å². The summed E-state index contributed by atoms with van der Waals surface area (Å²) in [5.74, 6) is 0.456. The Morgan fingerprint density at radius 3 is 2.24 bits per heavy atom. The van der Waals surface area contributed by atoms with Gasteiger partial charge in [0.2, 0.25) is 0 Å². The number of hydrogen-bond donors (Lipinski definition) is 0. The lowest BCUT2D eigenvalue weighted by Gasteiger charge is -2.35. The molecule has 0 amide bonds. The van der Waals surface area contributed by atoms with Crippen molar-refractivity contribution in [2.75, 3.05) is 0 Å². The van der Waals surface area contributed by atoms with Gasteiger partial charge < -0.3 is 4.57 Å². The van der Waals surface area contributed by atoms with Crippen molar-refractivity contribution >= 4 is 45.1 Å². The van der Waals surface area contributed by atoms with Crippen molar-refractivity contribution in [3.63, 3.8) is 0 Å². The zero-order valence-corrected chi connectivity index (χ0v) is 19.9. The van der Waals surface area contributed by atoms with Gasteiger partial charge in [0.1, 0.15) is 0 Å². The molecule has 0 aliphatic rings. The van der Waals surface area contributed by atoms with Gasteiger partial charge >= 0.3 is 0 Å². The molecular formula is C26H25ClIN. The summed E-state index contributed by atoms with van der Waals surface area (Å²) in [6.45, 7) is 7.86. The summed E-state index contributed by atoms with van der Waals surface area (Å²) in [5.41, 5.74) is 5.20. The van der Waals surface area contributed by atoms with E-state index in [1.165, 1.54) is 31.2 Å². The van der Waals surface area contributed by atoms with Crippen LogP contribution in [0.1, 0.15) is 37.5 Å². The molecule has 0 radical (unpaired) electrons. The first-order valence-electron chi connectivity index (χ1n) is 9.98. The van der Waals surface area contributed by atoms with E-state index in [2.05, 4.69) is 115 Å². The highest BCUT2D eigenvalue weighted by Crippen LogP contribution is 2.43. The SMILES string of the molecule is CC(C)C(C)(c1ccc(I)cc1)c1cn(Cc2ccc(Cl)cc2)c2ccccc12. The summed E-state index contributed by atoms with van der Waals surface area (Å²) >= 11 is 8.46. The van der Waals surface area contributed by atoms with Gasteiger partial charge in [-0.3, -0.25) is 0 Å². The molecule has 0 fully saturated rings. The fraction of sp³-hybridized carbons (Fsp3) is 0.231. The Hall–Kier alpha value is -1.78. The van der Waals surface area contributed by atoms with Crippen LogP contribution in [0.2, 0.25) is 5.02 Å². The van der Waals surface area contributed by atoms with Gasteiger partial charge in [0.05, 0.1) is 0 Å². The van der Waals surface area contributed by atoms with Crippen molar-refractivity contribution in [3.8, 4) is 0 Å². The van der Waals surface area contributed by atoms with E-state index in [-0.39, 0.29) is 5.41 Å². The first-order valence-corrected chi connectivity index (χ1v) is 11.4. The molecule has 1 heterocycles. The molecule has 0 bridgehead atoms. The molecule has 29 heavy (non-hydrogen) atoms. The lowest BCUT2D eigenvalue weighted by molar-refractivity contribution is 0.407. The Bertz CT molecular complexity index is 1130. The second kappa shape index (κ2) is 8.16. The van der Waals surface area contributed by atoms with E-state index in [0.29, 0.717) is 5.92 Å². The highest BCUT2D eigenvalue weighted by Gasteiger charge is 2.35. The van der Waals surface area contributed by atoms with Gasteiger partial charge in [0, 0.05) is 37.7 Å². The number of nitrogens with zero attached hydrogens (tertiary/aromatic N) is 1. The Morgan fingerprint density at radius 2 is 1.59 bits per heavy atom. The second-order valence-corrected chi connectivity index (χ2v) is 9.86.